The third-order valence-electron chi connectivity index (χ3n) is 3.82. The standard InChI is InChI=1S/C15H23NO/c1-2-15(14-8-4-3-5-9-14)16-10-6-7-13(11-16)12-17/h3-5,8-9,13,15,17H,2,6-7,10-12H2,1H3. The first-order valence-electron chi connectivity index (χ1n) is 6.75. The summed E-state index contributed by atoms with van der Waals surface area (Å²) >= 11 is 0. The highest BCUT2D eigenvalue weighted by Crippen LogP contribution is 2.28. The van der Waals surface area contributed by atoms with Crippen molar-refractivity contribution in [3.63, 3.8) is 0 Å². The number of rotatable bonds is 4. The first kappa shape index (κ1) is 12.6. The van der Waals surface area contributed by atoms with E-state index < -0.39 is 0 Å². The number of likely N-dealkylation sites (tertiary alicyclic amines) is 1. The van der Waals surface area contributed by atoms with Crippen LogP contribution in [0.15, 0.2) is 30.3 Å². The number of hydrogen-bond donors (Lipinski definition) is 1. The van der Waals surface area contributed by atoms with Gasteiger partial charge in [-0.25, -0.2) is 0 Å². The third kappa shape index (κ3) is 3.08. The Bertz CT molecular complexity index is 325. The Morgan fingerprint density at radius 2 is 2.12 bits per heavy atom. The SMILES string of the molecule is CCC(c1ccccc1)N1CCCC(CO)C1. The second kappa shape index (κ2) is 6.18. The summed E-state index contributed by atoms with van der Waals surface area (Å²) in [6, 6.07) is 11.3. The summed E-state index contributed by atoms with van der Waals surface area (Å²) in [5.74, 6) is 0.474. The van der Waals surface area contributed by atoms with Crippen molar-refractivity contribution in [2.24, 2.45) is 5.92 Å². The average molecular weight is 233 g/mol. The van der Waals surface area contributed by atoms with Crippen molar-refractivity contribution in [3.05, 3.63) is 35.9 Å². The summed E-state index contributed by atoms with van der Waals surface area (Å²) in [7, 11) is 0. The maximum atomic E-state index is 9.31. The van der Waals surface area contributed by atoms with Gasteiger partial charge < -0.3 is 5.11 Å². The Morgan fingerprint density at radius 3 is 2.76 bits per heavy atom. The minimum absolute atomic E-state index is 0.335. The Hall–Kier alpha value is -0.860. The van der Waals surface area contributed by atoms with Gasteiger partial charge in [-0.3, -0.25) is 4.90 Å². The highest BCUT2D eigenvalue weighted by molar-refractivity contribution is 5.19. The molecule has 0 aliphatic carbocycles. The zero-order valence-electron chi connectivity index (χ0n) is 10.7. The molecule has 2 unspecified atom stereocenters. The molecule has 0 amide bonds. The number of hydrogen-bond acceptors (Lipinski definition) is 2. The molecule has 1 aromatic carbocycles. The van der Waals surface area contributed by atoms with Crippen molar-refractivity contribution in [3.8, 4) is 0 Å². The smallest absolute Gasteiger partial charge is 0.0471 e. The molecule has 1 fully saturated rings. The molecular weight excluding hydrogens is 210 g/mol. The summed E-state index contributed by atoms with van der Waals surface area (Å²) in [6.07, 6.45) is 3.54. The number of benzene rings is 1. The molecule has 0 spiro atoms. The summed E-state index contributed by atoms with van der Waals surface area (Å²) < 4.78 is 0. The van der Waals surface area contributed by atoms with E-state index in [1.54, 1.807) is 0 Å². The molecule has 0 saturated carbocycles. The molecule has 1 aliphatic rings. The van der Waals surface area contributed by atoms with E-state index in [1.165, 1.54) is 24.9 Å². The van der Waals surface area contributed by atoms with Crippen LogP contribution in [0.5, 0.6) is 0 Å². The van der Waals surface area contributed by atoms with Gasteiger partial charge in [0.05, 0.1) is 0 Å². The van der Waals surface area contributed by atoms with Crippen LogP contribution in [0.1, 0.15) is 37.8 Å². The molecule has 94 valence electrons. The Balaban J connectivity index is 2.08. The summed E-state index contributed by atoms with van der Waals surface area (Å²) in [6.45, 7) is 4.80. The number of aliphatic hydroxyl groups excluding tert-OH is 1. The Morgan fingerprint density at radius 1 is 1.35 bits per heavy atom. The van der Waals surface area contributed by atoms with Gasteiger partial charge in [0.1, 0.15) is 0 Å². The van der Waals surface area contributed by atoms with E-state index in [-0.39, 0.29) is 0 Å². The van der Waals surface area contributed by atoms with Gasteiger partial charge in [-0.05, 0) is 37.3 Å². The van der Waals surface area contributed by atoms with Crippen LogP contribution in [-0.4, -0.2) is 29.7 Å². The van der Waals surface area contributed by atoms with Crippen molar-refractivity contribution < 1.29 is 5.11 Å². The van der Waals surface area contributed by atoms with Gasteiger partial charge in [-0.15, -0.1) is 0 Å². The summed E-state index contributed by atoms with van der Waals surface area (Å²) in [5, 5.41) is 9.31. The summed E-state index contributed by atoms with van der Waals surface area (Å²) in [5.41, 5.74) is 1.41. The van der Waals surface area contributed by atoms with Crippen LogP contribution < -0.4 is 0 Å². The molecule has 2 rings (SSSR count). The maximum absolute atomic E-state index is 9.31. The van der Waals surface area contributed by atoms with Gasteiger partial charge in [0, 0.05) is 19.2 Å². The lowest BCUT2D eigenvalue weighted by Crippen LogP contribution is -2.39. The van der Waals surface area contributed by atoms with E-state index in [0.717, 1.165) is 13.0 Å². The van der Waals surface area contributed by atoms with Crippen molar-refractivity contribution in [2.75, 3.05) is 19.7 Å². The molecule has 2 nitrogen and oxygen atoms in total. The van der Waals surface area contributed by atoms with Crippen LogP contribution in [0.25, 0.3) is 0 Å². The van der Waals surface area contributed by atoms with Gasteiger partial charge >= 0.3 is 0 Å². The fraction of sp³-hybridized carbons (Fsp3) is 0.600. The third-order valence-corrected chi connectivity index (χ3v) is 3.82. The van der Waals surface area contributed by atoms with Crippen molar-refractivity contribution in [2.45, 2.75) is 32.2 Å². The van der Waals surface area contributed by atoms with Crippen LogP contribution in [0, 0.1) is 5.92 Å². The first-order chi connectivity index (χ1) is 8.35. The molecule has 1 N–H and O–H groups in total. The van der Waals surface area contributed by atoms with Gasteiger partial charge in [0.15, 0.2) is 0 Å². The average Bonchev–Trinajstić information content (AvgIpc) is 2.41. The number of nitrogens with zero attached hydrogens (tertiary/aromatic N) is 1. The quantitative estimate of drug-likeness (QED) is 0.864. The van der Waals surface area contributed by atoms with Gasteiger partial charge in [-0.2, -0.15) is 0 Å². The van der Waals surface area contributed by atoms with Gasteiger partial charge in [0.2, 0.25) is 0 Å². The first-order valence-corrected chi connectivity index (χ1v) is 6.75. The minimum Gasteiger partial charge on any atom is -0.396 e. The van der Waals surface area contributed by atoms with Crippen LogP contribution in [-0.2, 0) is 0 Å². The highest BCUT2D eigenvalue weighted by Gasteiger charge is 2.25. The largest absolute Gasteiger partial charge is 0.396 e. The molecule has 2 atom stereocenters. The van der Waals surface area contributed by atoms with E-state index in [2.05, 4.69) is 42.2 Å². The normalized spacial score (nSPS) is 23.5. The predicted molar refractivity (Wildman–Crippen MR) is 70.9 cm³/mol. The molecule has 0 aromatic heterocycles. The topological polar surface area (TPSA) is 23.5 Å². The minimum atomic E-state index is 0.335. The Kier molecular flexibility index (Phi) is 4.57. The van der Waals surface area contributed by atoms with Crippen LogP contribution >= 0.6 is 0 Å². The molecule has 0 bridgehead atoms. The van der Waals surface area contributed by atoms with E-state index in [0.29, 0.717) is 18.6 Å². The van der Waals surface area contributed by atoms with E-state index >= 15 is 0 Å². The van der Waals surface area contributed by atoms with Crippen molar-refractivity contribution >= 4 is 0 Å². The van der Waals surface area contributed by atoms with Gasteiger partial charge in [-0.1, -0.05) is 37.3 Å². The van der Waals surface area contributed by atoms with Gasteiger partial charge in [0.25, 0.3) is 0 Å². The molecule has 1 aromatic rings. The molecule has 2 heteroatoms. The summed E-state index contributed by atoms with van der Waals surface area (Å²) in [4.78, 5) is 2.54. The number of aliphatic hydroxyl groups is 1. The molecular formula is C15H23NO. The van der Waals surface area contributed by atoms with E-state index in [4.69, 9.17) is 0 Å². The molecule has 17 heavy (non-hydrogen) atoms. The second-order valence-electron chi connectivity index (χ2n) is 5.02. The van der Waals surface area contributed by atoms with Crippen LogP contribution in [0.3, 0.4) is 0 Å². The lowest BCUT2D eigenvalue weighted by Gasteiger charge is -2.37. The predicted octanol–water partition coefficient (Wildman–Crippen LogP) is 2.84. The zero-order valence-corrected chi connectivity index (χ0v) is 10.7. The molecule has 0 radical (unpaired) electrons. The zero-order chi connectivity index (χ0) is 12.1. The lowest BCUT2D eigenvalue weighted by molar-refractivity contribution is 0.0858. The second-order valence-corrected chi connectivity index (χ2v) is 5.02. The number of piperidine rings is 1. The van der Waals surface area contributed by atoms with Crippen molar-refractivity contribution in [1.82, 2.24) is 4.90 Å². The monoisotopic (exact) mass is 233 g/mol. The highest BCUT2D eigenvalue weighted by atomic mass is 16.3. The van der Waals surface area contributed by atoms with Crippen LogP contribution in [0.4, 0.5) is 0 Å². The maximum Gasteiger partial charge on any atom is 0.0471 e. The molecule has 1 heterocycles. The fourth-order valence-corrected chi connectivity index (χ4v) is 2.91. The Labute approximate surface area is 104 Å². The van der Waals surface area contributed by atoms with Crippen molar-refractivity contribution in [1.29, 1.82) is 0 Å². The lowest BCUT2D eigenvalue weighted by atomic mass is 9.94. The van der Waals surface area contributed by atoms with Crippen LogP contribution in [0.2, 0.25) is 0 Å². The fourth-order valence-electron chi connectivity index (χ4n) is 2.91. The molecule has 1 aliphatic heterocycles. The molecule has 1 saturated heterocycles. The van der Waals surface area contributed by atoms with E-state index in [9.17, 15) is 5.11 Å². The van der Waals surface area contributed by atoms with E-state index in [1.807, 2.05) is 0 Å².